The Morgan fingerprint density at radius 1 is 1.41 bits per heavy atom. The molecule has 0 aromatic carbocycles. The van der Waals surface area contributed by atoms with Crippen LogP contribution in [0.1, 0.15) is 45.7 Å². The van der Waals surface area contributed by atoms with Crippen molar-refractivity contribution in [2.24, 2.45) is 0 Å². The highest BCUT2D eigenvalue weighted by Crippen LogP contribution is 2.47. The summed E-state index contributed by atoms with van der Waals surface area (Å²) in [5.41, 5.74) is 2.46. The van der Waals surface area contributed by atoms with Gasteiger partial charge in [-0.15, -0.1) is 11.8 Å². The van der Waals surface area contributed by atoms with Crippen LogP contribution in [0.25, 0.3) is 0 Å². The summed E-state index contributed by atoms with van der Waals surface area (Å²) in [6.45, 7) is 0. The second-order valence-corrected chi connectivity index (χ2v) is 5.57. The van der Waals surface area contributed by atoms with Crippen molar-refractivity contribution in [2.45, 2.75) is 24.1 Å². The van der Waals surface area contributed by atoms with Crippen LogP contribution >= 0.6 is 11.8 Å². The number of carbonyl (C=O) groups is 1. The predicted molar refractivity (Wildman–Crippen MR) is 67.4 cm³/mol. The Kier molecular flexibility index (Phi) is 2.33. The van der Waals surface area contributed by atoms with Crippen LogP contribution in [0.5, 0.6) is 0 Å². The van der Waals surface area contributed by atoms with Gasteiger partial charge in [0.25, 0.3) is 5.91 Å². The monoisotopic (exact) mass is 250 g/mol. The van der Waals surface area contributed by atoms with Crippen LogP contribution in [0.2, 0.25) is 0 Å². The van der Waals surface area contributed by atoms with Crippen molar-refractivity contribution >= 4 is 17.7 Å². The maximum Gasteiger partial charge on any atom is 0.255 e. The van der Waals surface area contributed by atoms with E-state index in [0.29, 0.717) is 11.5 Å². The van der Waals surface area contributed by atoms with Crippen LogP contribution in [0, 0.1) is 0 Å². The SMILES string of the molecule is CS[C@H]1c2c(cc(=O)[nH]c2C2CC2)C(=O)N1C. The molecule has 17 heavy (non-hydrogen) atoms. The van der Waals surface area contributed by atoms with E-state index in [1.165, 1.54) is 6.07 Å². The minimum atomic E-state index is -0.158. The molecule has 2 aliphatic rings. The number of pyridine rings is 1. The maximum atomic E-state index is 12.1. The molecule has 1 amide bonds. The number of carbonyl (C=O) groups excluding carboxylic acids is 1. The molecular weight excluding hydrogens is 236 g/mol. The van der Waals surface area contributed by atoms with Gasteiger partial charge in [0, 0.05) is 24.4 Å². The molecule has 90 valence electrons. The van der Waals surface area contributed by atoms with E-state index in [-0.39, 0.29) is 16.8 Å². The quantitative estimate of drug-likeness (QED) is 0.869. The van der Waals surface area contributed by atoms with E-state index in [1.54, 1.807) is 23.7 Å². The number of aromatic nitrogens is 1. The molecule has 4 nitrogen and oxygen atoms in total. The van der Waals surface area contributed by atoms with E-state index in [0.717, 1.165) is 24.1 Å². The first-order valence-corrected chi connectivity index (χ1v) is 6.99. The number of nitrogens with zero attached hydrogens (tertiary/aromatic N) is 1. The second kappa shape index (κ2) is 3.63. The fourth-order valence-electron chi connectivity index (χ4n) is 2.49. The van der Waals surface area contributed by atoms with Gasteiger partial charge in [0.2, 0.25) is 5.56 Å². The zero-order chi connectivity index (χ0) is 12.2. The van der Waals surface area contributed by atoms with Crippen molar-refractivity contribution in [2.75, 3.05) is 13.3 Å². The first-order chi connectivity index (χ1) is 8.13. The zero-order valence-corrected chi connectivity index (χ0v) is 10.6. The van der Waals surface area contributed by atoms with Gasteiger partial charge in [-0.25, -0.2) is 0 Å². The summed E-state index contributed by atoms with van der Waals surface area (Å²) in [6, 6.07) is 1.44. The third-order valence-electron chi connectivity index (χ3n) is 3.47. The van der Waals surface area contributed by atoms with Gasteiger partial charge in [-0.3, -0.25) is 9.59 Å². The van der Waals surface area contributed by atoms with Crippen molar-refractivity contribution in [1.82, 2.24) is 9.88 Å². The number of H-pyrrole nitrogens is 1. The average Bonchev–Trinajstić information content (AvgIpc) is 3.10. The highest BCUT2D eigenvalue weighted by Gasteiger charge is 2.40. The Morgan fingerprint density at radius 2 is 2.12 bits per heavy atom. The summed E-state index contributed by atoms with van der Waals surface area (Å²) in [6.07, 6.45) is 4.22. The van der Waals surface area contributed by atoms with Crippen LogP contribution in [0.4, 0.5) is 0 Å². The highest BCUT2D eigenvalue weighted by atomic mass is 32.2. The number of fused-ring (bicyclic) bond motifs is 1. The van der Waals surface area contributed by atoms with E-state index in [9.17, 15) is 9.59 Å². The summed E-state index contributed by atoms with van der Waals surface area (Å²) in [5.74, 6) is 0.416. The van der Waals surface area contributed by atoms with Crippen molar-refractivity contribution < 1.29 is 4.79 Å². The Morgan fingerprint density at radius 3 is 2.71 bits per heavy atom. The molecule has 1 saturated carbocycles. The number of rotatable bonds is 2. The summed E-state index contributed by atoms with van der Waals surface area (Å²) in [5, 5.41) is 0.0462. The molecule has 1 N–H and O–H groups in total. The highest BCUT2D eigenvalue weighted by molar-refractivity contribution is 7.98. The Bertz CT molecular complexity index is 548. The van der Waals surface area contributed by atoms with Gasteiger partial charge in [0.05, 0.1) is 5.56 Å². The molecule has 0 spiro atoms. The number of hydrogen-bond acceptors (Lipinski definition) is 3. The normalized spacial score (nSPS) is 23.1. The van der Waals surface area contributed by atoms with Gasteiger partial charge in [0.1, 0.15) is 5.37 Å². The molecule has 1 aromatic heterocycles. The predicted octanol–water partition coefficient (Wildman–Crippen LogP) is 1.70. The Labute approximate surface area is 103 Å². The molecule has 1 aromatic rings. The molecule has 2 heterocycles. The van der Waals surface area contributed by atoms with E-state index >= 15 is 0 Å². The fourth-order valence-corrected chi connectivity index (χ4v) is 3.39. The van der Waals surface area contributed by atoms with Gasteiger partial charge in [0.15, 0.2) is 0 Å². The van der Waals surface area contributed by atoms with Gasteiger partial charge in [-0.2, -0.15) is 0 Å². The molecule has 0 saturated heterocycles. The molecule has 1 aliphatic carbocycles. The first-order valence-electron chi connectivity index (χ1n) is 5.70. The lowest BCUT2D eigenvalue weighted by atomic mass is 10.1. The number of nitrogens with one attached hydrogen (secondary N) is 1. The summed E-state index contributed by atoms with van der Waals surface area (Å²) < 4.78 is 0. The number of thioether (sulfide) groups is 1. The van der Waals surface area contributed by atoms with Crippen molar-refractivity contribution in [3.05, 3.63) is 33.2 Å². The molecule has 1 fully saturated rings. The van der Waals surface area contributed by atoms with Crippen LogP contribution < -0.4 is 5.56 Å². The largest absolute Gasteiger partial charge is 0.326 e. The molecule has 0 bridgehead atoms. The Hall–Kier alpha value is -1.23. The molecule has 1 atom stereocenters. The number of amides is 1. The third kappa shape index (κ3) is 1.52. The van der Waals surface area contributed by atoms with Gasteiger partial charge >= 0.3 is 0 Å². The zero-order valence-electron chi connectivity index (χ0n) is 9.82. The van der Waals surface area contributed by atoms with Crippen molar-refractivity contribution in [3.8, 4) is 0 Å². The van der Waals surface area contributed by atoms with Gasteiger partial charge in [-0.1, -0.05) is 0 Å². The Balaban J connectivity index is 2.24. The summed E-state index contributed by atoms with van der Waals surface area (Å²) in [7, 11) is 1.80. The van der Waals surface area contributed by atoms with Crippen molar-refractivity contribution in [3.63, 3.8) is 0 Å². The standard InChI is InChI=1S/C12H14N2O2S/c1-14-11(16)7-5-8(15)13-10(6-3-4-6)9(7)12(14)17-2/h5-6,12H,3-4H2,1-2H3,(H,13,15)/t12-/m0/s1. The number of hydrogen-bond donors (Lipinski definition) is 1. The van der Waals surface area contributed by atoms with E-state index < -0.39 is 0 Å². The van der Waals surface area contributed by atoms with Gasteiger partial charge in [-0.05, 0) is 25.0 Å². The van der Waals surface area contributed by atoms with E-state index in [2.05, 4.69) is 4.98 Å². The van der Waals surface area contributed by atoms with Crippen LogP contribution in [0.15, 0.2) is 10.9 Å². The van der Waals surface area contributed by atoms with Crippen LogP contribution in [0.3, 0.4) is 0 Å². The third-order valence-corrected chi connectivity index (χ3v) is 4.47. The number of aromatic amines is 1. The maximum absolute atomic E-state index is 12.1. The summed E-state index contributed by atoms with van der Waals surface area (Å²) in [4.78, 5) is 28.3. The minimum Gasteiger partial charge on any atom is -0.326 e. The lowest BCUT2D eigenvalue weighted by Gasteiger charge is -2.19. The molecule has 5 heteroatoms. The van der Waals surface area contributed by atoms with Gasteiger partial charge < -0.3 is 9.88 Å². The smallest absolute Gasteiger partial charge is 0.255 e. The molecule has 0 unspecified atom stereocenters. The second-order valence-electron chi connectivity index (χ2n) is 4.65. The minimum absolute atomic E-state index is 0.0349. The fraction of sp³-hybridized carbons (Fsp3) is 0.500. The molecular formula is C12H14N2O2S. The lowest BCUT2D eigenvalue weighted by Crippen LogP contribution is -2.21. The van der Waals surface area contributed by atoms with E-state index in [4.69, 9.17) is 0 Å². The van der Waals surface area contributed by atoms with Crippen LogP contribution in [-0.4, -0.2) is 29.1 Å². The summed E-state index contributed by atoms with van der Waals surface area (Å²) >= 11 is 1.64. The average molecular weight is 250 g/mol. The van der Waals surface area contributed by atoms with Crippen LogP contribution in [-0.2, 0) is 0 Å². The molecule has 0 radical (unpaired) electrons. The lowest BCUT2D eigenvalue weighted by molar-refractivity contribution is 0.0813. The molecule has 3 rings (SSSR count). The topological polar surface area (TPSA) is 53.2 Å². The van der Waals surface area contributed by atoms with E-state index in [1.807, 2.05) is 6.26 Å². The first kappa shape index (κ1) is 10.9. The van der Waals surface area contributed by atoms with Crippen molar-refractivity contribution in [1.29, 1.82) is 0 Å². The molecule has 1 aliphatic heterocycles.